The van der Waals surface area contributed by atoms with Crippen LogP contribution in [0.5, 0.6) is 0 Å². The number of allylic oxidation sites excluding steroid dienone is 4. The molecular weight excluding hydrogens is 911 g/mol. The summed E-state index contributed by atoms with van der Waals surface area (Å²) >= 11 is 0. The third kappa shape index (κ3) is 37.3. The molecule has 8 unspecified atom stereocenters. The highest BCUT2D eigenvalue weighted by molar-refractivity contribution is 7.80. The Bertz CT molecular complexity index is 1350. The smallest absolute Gasteiger partial charge is 0.394 e. The summed E-state index contributed by atoms with van der Waals surface area (Å²) in [6.45, 7) is 3.32. The monoisotopic (exact) mass is 1020 g/mol. The first-order valence-corrected chi connectivity index (χ1v) is 30.2. The van der Waals surface area contributed by atoms with Crippen LogP contribution in [0.3, 0.4) is 0 Å². The maximum atomic E-state index is 13.2. The van der Waals surface area contributed by atoms with E-state index in [9.17, 15) is 43.3 Å². The lowest BCUT2D eigenvalue weighted by Gasteiger charge is -2.41. The summed E-state index contributed by atoms with van der Waals surface area (Å²) in [6.07, 6.45) is 43.5. The molecule has 1 saturated heterocycles. The average molecular weight is 1020 g/mol. The van der Waals surface area contributed by atoms with Gasteiger partial charge in [-0.05, 0) is 44.9 Å². The zero-order valence-corrected chi connectivity index (χ0v) is 45.3. The van der Waals surface area contributed by atoms with Crippen LogP contribution in [0.2, 0.25) is 0 Å². The number of carbonyl (C=O) groups is 1. The molecule has 1 rings (SSSR count). The van der Waals surface area contributed by atoms with Crippen LogP contribution in [0.1, 0.15) is 264 Å². The number of unbranched alkanes of at least 4 members (excludes halogenated alkanes) is 33. The standard InChI is InChI=1S/C56H107NO12S/c1-3-5-7-9-11-13-15-17-19-21-23-24-25-27-29-31-33-35-37-39-41-43-45-50(60)55(63)57-48(47-67-56-53(62)54(69-70(64,65)66)52(61)51(46-58)68-56)49(59)44-42-40-38-36-34-32-30-28-26-22-20-18-16-14-12-10-8-6-4-2/h23-24,27,29,48-54,56,58-62H,3-22,25-26,28,30-47H2,1-2H3,(H,57,63)(H,64,65,66)/b24-23-,29-27-. The molecule has 13 nitrogen and oxygen atoms in total. The Morgan fingerprint density at radius 1 is 0.571 bits per heavy atom. The fourth-order valence-electron chi connectivity index (χ4n) is 9.32. The van der Waals surface area contributed by atoms with Gasteiger partial charge in [0.05, 0.1) is 25.4 Å². The van der Waals surface area contributed by atoms with Gasteiger partial charge in [-0.15, -0.1) is 0 Å². The molecule has 0 radical (unpaired) electrons. The maximum absolute atomic E-state index is 13.2. The van der Waals surface area contributed by atoms with Crippen molar-refractivity contribution in [3.8, 4) is 0 Å². The van der Waals surface area contributed by atoms with E-state index in [1.54, 1.807) is 0 Å². The number of aliphatic hydroxyl groups is 5. The molecule has 8 atom stereocenters. The average Bonchev–Trinajstić information content (AvgIpc) is 3.33. The van der Waals surface area contributed by atoms with Gasteiger partial charge in [-0.3, -0.25) is 9.35 Å². The first-order valence-electron chi connectivity index (χ1n) is 28.8. The largest absolute Gasteiger partial charge is 0.397 e. The SMILES string of the molecule is CCCCCCCCCCC/C=C\C/C=C\CCCCCCCCC(O)C(=O)NC(COC1OC(CO)C(O)C(OS(=O)(=O)O)C1O)C(O)CCCCCCCCCCCCCCCCCCCCC. The Labute approximate surface area is 427 Å². The molecule has 0 aliphatic carbocycles. The quantitative estimate of drug-likeness (QED) is 0.0172. The predicted molar refractivity (Wildman–Crippen MR) is 284 cm³/mol. The molecule has 0 aromatic rings. The van der Waals surface area contributed by atoms with Crippen LogP contribution < -0.4 is 5.32 Å². The highest BCUT2D eigenvalue weighted by atomic mass is 32.3. The van der Waals surface area contributed by atoms with Crippen molar-refractivity contribution in [1.29, 1.82) is 0 Å². The molecule has 0 aromatic heterocycles. The molecule has 70 heavy (non-hydrogen) atoms. The second kappa shape index (κ2) is 46.1. The molecule has 1 fully saturated rings. The van der Waals surface area contributed by atoms with E-state index in [1.807, 2.05) is 0 Å². The molecule has 14 heteroatoms. The fourth-order valence-corrected chi connectivity index (χ4v) is 9.83. The number of hydrogen-bond acceptors (Lipinski definition) is 11. The zero-order valence-electron chi connectivity index (χ0n) is 44.5. The van der Waals surface area contributed by atoms with Gasteiger partial charge in [0.15, 0.2) is 6.29 Å². The Morgan fingerprint density at radius 2 is 0.957 bits per heavy atom. The van der Waals surface area contributed by atoms with Crippen LogP contribution in [-0.4, -0.2) is 107 Å². The van der Waals surface area contributed by atoms with Gasteiger partial charge < -0.3 is 40.3 Å². The number of aliphatic hydroxyl groups excluding tert-OH is 5. The Kier molecular flexibility index (Phi) is 43.8. The number of amides is 1. The normalized spacial score (nSPS) is 20.1. The minimum atomic E-state index is -5.12. The van der Waals surface area contributed by atoms with Crippen molar-refractivity contribution in [3.63, 3.8) is 0 Å². The molecule has 1 aliphatic heterocycles. The lowest BCUT2D eigenvalue weighted by molar-refractivity contribution is -0.298. The van der Waals surface area contributed by atoms with E-state index in [2.05, 4.69) is 47.7 Å². The van der Waals surface area contributed by atoms with Crippen molar-refractivity contribution in [1.82, 2.24) is 5.32 Å². The van der Waals surface area contributed by atoms with E-state index in [-0.39, 0.29) is 6.42 Å². The van der Waals surface area contributed by atoms with Crippen molar-refractivity contribution in [2.75, 3.05) is 13.2 Å². The first kappa shape index (κ1) is 66.6. The minimum Gasteiger partial charge on any atom is -0.394 e. The predicted octanol–water partition coefficient (Wildman–Crippen LogP) is 12.2. The summed E-state index contributed by atoms with van der Waals surface area (Å²) in [7, 11) is -5.12. The van der Waals surface area contributed by atoms with Crippen molar-refractivity contribution in [2.45, 2.75) is 313 Å². The first-order chi connectivity index (χ1) is 33.9. The van der Waals surface area contributed by atoms with E-state index in [0.717, 1.165) is 64.2 Å². The van der Waals surface area contributed by atoms with Crippen molar-refractivity contribution in [3.05, 3.63) is 24.3 Å². The lowest BCUT2D eigenvalue weighted by Crippen LogP contribution is -2.61. The molecule has 1 heterocycles. The van der Waals surface area contributed by atoms with Crippen LogP contribution in [0.25, 0.3) is 0 Å². The van der Waals surface area contributed by atoms with E-state index in [0.29, 0.717) is 19.3 Å². The second-order valence-corrected chi connectivity index (χ2v) is 21.4. The van der Waals surface area contributed by atoms with Crippen LogP contribution in [0, 0.1) is 0 Å². The van der Waals surface area contributed by atoms with Gasteiger partial charge in [-0.2, -0.15) is 8.42 Å². The van der Waals surface area contributed by atoms with E-state index < -0.39 is 78.5 Å². The van der Waals surface area contributed by atoms with Gasteiger partial charge >= 0.3 is 10.4 Å². The van der Waals surface area contributed by atoms with Crippen LogP contribution >= 0.6 is 0 Å². The van der Waals surface area contributed by atoms with Gasteiger partial charge in [-0.25, -0.2) is 4.18 Å². The Hall–Kier alpha value is -1.46. The van der Waals surface area contributed by atoms with Gasteiger partial charge in [0.25, 0.3) is 0 Å². The second-order valence-electron chi connectivity index (χ2n) is 20.4. The summed E-state index contributed by atoms with van der Waals surface area (Å²) in [6, 6.07) is -1.04. The summed E-state index contributed by atoms with van der Waals surface area (Å²) < 4.78 is 47.8. The molecule has 0 saturated carbocycles. The van der Waals surface area contributed by atoms with Crippen molar-refractivity contribution >= 4 is 16.3 Å². The maximum Gasteiger partial charge on any atom is 0.397 e. The number of nitrogens with one attached hydrogen (secondary N) is 1. The Morgan fingerprint density at radius 3 is 1.36 bits per heavy atom. The van der Waals surface area contributed by atoms with Gasteiger partial charge in [0.1, 0.15) is 30.5 Å². The summed E-state index contributed by atoms with van der Waals surface area (Å²) in [5.74, 6) is -0.674. The highest BCUT2D eigenvalue weighted by Crippen LogP contribution is 2.26. The van der Waals surface area contributed by atoms with Gasteiger partial charge in [-0.1, -0.05) is 244 Å². The van der Waals surface area contributed by atoms with E-state index >= 15 is 0 Å². The number of hydrogen-bond donors (Lipinski definition) is 7. The van der Waals surface area contributed by atoms with Crippen molar-refractivity contribution < 1.29 is 57.0 Å². The molecule has 1 amide bonds. The van der Waals surface area contributed by atoms with E-state index in [1.165, 1.54) is 161 Å². The summed E-state index contributed by atoms with van der Waals surface area (Å²) in [5, 5.41) is 55.7. The zero-order chi connectivity index (χ0) is 51.3. The topological polar surface area (TPSA) is 212 Å². The fraction of sp³-hybridized carbons (Fsp3) is 0.911. The number of ether oxygens (including phenoxy) is 2. The van der Waals surface area contributed by atoms with Gasteiger partial charge in [0.2, 0.25) is 5.91 Å². The van der Waals surface area contributed by atoms with Crippen LogP contribution in [0.15, 0.2) is 24.3 Å². The summed E-state index contributed by atoms with van der Waals surface area (Å²) in [4.78, 5) is 13.2. The number of rotatable bonds is 50. The highest BCUT2D eigenvalue weighted by Gasteiger charge is 2.48. The summed E-state index contributed by atoms with van der Waals surface area (Å²) in [5.41, 5.74) is 0. The lowest BCUT2D eigenvalue weighted by atomic mass is 9.99. The molecule has 1 aliphatic rings. The van der Waals surface area contributed by atoms with E-state index in [4.69, 9.17) is 9.47 Å². The molecule has 0 bridgehead atoms. The molecule has 7 N–H and O–H groups in total. The van der Waals surface area contributed by atoms with Crippen LogP contribution in [0.4, 0.5) is 0 Å². The Balaban J connectivity index is 2.43. The molecule has 0 spiro atoms. The van der Waals surface area contributed by atoms with Crippen LogP contribution in [-0.2, 0) is 28.9 Å². The minimum absolute atomic E-state index is 0.249. The third-order valence-corrected chi connectivity index (χ3v) is 14.3. The third-order valence-electron chi connectivity index (χ3n) is 13.9. The van der Waals surface area contributed by atoms with Gasteiger partial charge in [0, 0.05) is 0 Å². The molecule has 414 valence electrons. The molecular formula is C56H107NO12S. The molecule has 0 aromatic carbocycles. The van der Waals surface area contributed by atoms with Crippen molar-refractivity contribution in [2.24, 2.45) is 0 Å². The number of carbonyl (C=O) groups excluding carboxylic acids is 1.